The first-order chi connectivity index (χ1) is 19.1. The highest BCUT2D eigenvalue weighted by molar-refractivity contribution is 4.96. The van der Waals surface area contributed by atoms with Crippen LogP contribution >= 0.6 is 0 Å². The second-order valence-electron chi connectivity index (χ2n) is 9.58. The lowest BCUT2D eigenvalue weighted by Crippen LogP contribution is -2.67. The van der Waals surface area contributed by atoms with E-state index in [1.807, 2.05) is 0 Å². The molecule has 3 heterocycles. The number of hydrogen-bond acceptors (Lipinski definition) is 18. The van der Waals surface area contributed by atoms with Gasteiger partial charge in [0.25, 0.3) is 0 Å². The maximum absolute atomic E-state index is 10.8. The van der Waals surface area contributed by atoms with Gasteiger partial charge in [-0.2, -0.15) is 0 Å². The molecule has 0 aromatic heterocycles. The molecule has 0 amide bonds. The van der Waals surface area contributed by atoms with Crippen LogP contribution in [-0.2, 0) is 33.2 Å². The minimum atomic E-state index is -1.89. The summed E-state index contributed by atoms with van der Waals surface area (Å²) in [4.78, 5) is 0. The van der Waals surface area contributed by atoms with E-state index in [2.05, 4.69) is 0 Å². The van der Waals surface area contributed by atoms with Crippen LogP contribution in [0.1, 0.15) is 0 Å². The molecule has 15 atom stereocenters. The van der Waals surface area contributed by atoms with Crippen LogP contribution in [0.25, 0.3) is 0 Å². The minimum Gasteiger partial charge on any atom is -0.394 e. The zero-order valence-corrected chi connectivity index (χ0v) is 21.5. The zero-order valence-electron chi connectivity index (χ0n) is 21.5. The van der Waals surface area contributed by atoms with Crippen LogP contribution in [0.5, 0.6) is 0 Å². The molecule has 3 fully saturated rings. The number of nitrogens with two attached hydrogens (primary N) is 1. The topological polar surface area (TPSA) is 293 Å². The van der Waals surface area contributed by atoms with E-state index in [-0.39, 0.29) is 26.4 Å². The van der Waals surface area contributed by atoms with Crippen molar-refractivity contribution in [3.8, 4) is 0 Å². The first-order valence-electron chi connectivity index (χ1n) is 12.8. The van der Waals surface area contributed by atoms with E-state index in [1.54, 1.807) is 0 Å². The summed E-state index contributed by atoms with van der Waals surface area (Å²) in [5.74, 6) is 0. The third kappa shape index (κ3) is 7.61. The van der Waals surface area contributed by atoms with Crippen LogP contribution in [0.2, 0.25) is 0 Å². The van der Waals surface area contributed by atoms with Crippen LogP contribution in [0.4, 0.5) is 0 Å². The van der Waals surface area contributed by atoms with Gasteiger partial charge in [-0.05, 0) is 0 Å². The van der Waals surface area contributed by atoms with Crippen LogP contribution in [0, 0.1) is 0 Å². The monoisotopic (exact) mass is 591 g/mol. The molecular formula is C22H41NO17. The summed E-state index contributed by atoms with van der Waals surface area (Å²) < 4.78 is 38.6. The summed E-state index contributed by atoms with van der Waals surface area (Å²) in [6, 6.07) is 0. The summed E-state index contributed by atoms with van der Waals surface area (Å²) in [5.41, 5.74) is 5.37. The van der Waals surface area contributed by atoms with Gasteiger partial charge < -0.3 is 90.0 Å². The van der Waals surface area contributed by atoms with Crippen LogP contribution in [0.3, 0.4) is 0 Å². The molecule has 3 aliphatic rings. The van der Waals surface area contributed by atoms with Crippen molar-refractivity contribution in [1.82, 2.24) is 0 Å². The van der Waals surface area contributed by atoms with E-state index < -0.39 is 112 Å². The molecule has 3 aliphatic heterocycles. The predicted octanol–water partition coefficient (Wildman–Crippen LogP) is -7.57. The first-order valence-corrected chi connectivity index (χ1v) is 12.8. The fourth-order valence-corrected chi connectivity index (χ4v) is 4.54. The second kappa shape index (κ2) is 15.7. The standard InChI is InChI=1S/C22H41NO17/c23-1-2-34-3-4-35-21-18(15(31)12(28)9(6-25)37-21)40-22-19(16(32)13(29)10(7-26)38-22)39-20-17(33)14(30)11(27)8(5-24)36-20/h8-22,24-33H,1-7,23H2/t8?,9?,10?,11-,12-,13-,14?,15?,16?,17?,18?,19?,20+,21+,22-/m1/s1. The SMILES string of the molecule is NCCOCCO[C@H]1OC(CO)[C@@H](O)C(O)C1O[C@H]1OC(CO)[C@@H](O)C(O)C1O[C@@H]1OC(CO)[C@@H](O)C(O)C1O. The molecule has 18 heteroatoms. The predicted molar refractivity (Wildman–Crippen MR) is 125 cm³/mol. The van der Waals surface area contributed by atoms with Crippen molar-refractivity contribution in [2.75, 3.05) is 46.2 Å². The molecule has 3 rings (SSSR count). The molecule has 0 aromatic rings. The third-order valence-electron chi connectivity index (χ3n) is 6.85. The van der Waals surface area contributed by atoms with Gasteiger partial charge in [-0.3, -0.25) is 0 Å². The Balaban J connectivity index is 1.82. The van der Waals surface area contributed by atoms with Gasteiger partial charge in [-0.1, -0.05) is 0 Å². The molecule has 9 unspecified atom stereocenters. The molecule has 0 aliphatic carbocycles. The largest absolute Gasteiger partial charge is 0.394 e. The molecule has 0 spiro atoms. The summed E-state index contributed by atoms with van der Waals surface area (Å²) in [6.07, 6.45) is -24.8. The van der Waals surface area contributed by atoms with E-state index >= 15 is 0 Å². The molecular weight excluding hydrogens is 550 g/mol. The highest BCUT2D eigenvalue weighted by Crippen LogP contribution is 2.33. The Bertz CT molecular complexity index is 737. The van der Waals surface area contributed by atoms with Crippen LogP contribution in [-0.4, -0.2) is 189 Å². The number of ether oxygens (including phenoxy) is 7. The van der Waals surface area contributed by atoms with Crippen molar-refractivity contribution in [3.05, 3.63) is 0 Å². The molecule has 0 saturated carbocycles. The Kier molecular flexibility index (Phi) is 13.2. The lowest BCUT2D eigenvalue weighted by molar-refractivity contribution is -0.393. The lowest BCUT2D eigenvalue weighted by atomic mass is 9.96. The average molecular weight is 592 g/mol. The van der Waals surface area contributed by atoms with Crippen molar-refractivity contribution in [2.24, 2.45) is 5.73 Å². The fourth-order valence-electron chi connectivity index (χ4n) is 4.54. The molecule has 3 saturated heterocycles. The molecule has 12 N–H and O–H groups in total. The maximum atomic E-state index is 10.8. The first kappa shape index (κ1) is 33.8. The molecule has 0 radical (unpaired) electrons. The summed E-state index contributed by atoms with van der Waals surface area (Å²) in [6.45, 7) is -1.78. The Morgan fingerprint density at radius 1 is 0.500 bits per heavy atom. The fraction of sp³-hybridized carbons (Fsp3) is 1.00. The van der Waals surface area contributed by atoms with E-state index in [4.69, 9.17) is 38.9 Å². The third-order valence-corrected chi connectivity index (χ3v) is 6.85. The van der Waals surface area contributed by atoms with Crippen molar-refractivity contribution in [2.45, 2.75) is 92.1 Å². The van der Waals surface area contributed by atoms with Gasteiger partial charge in [0, 0.05) is 6.54 Å². The molecule has 0 bridgehead atoms. The summed E-state index contributed by atoms with van der Waals surface area (Å²) in [5, 5.41) is 102. The molecule has 236 valence electrons. The van der Waals surface area contributed by atoms with E-state index in [1.165, 1.54) is 0 Å². The molecule has 40 heavy (non-hydrogen) atoms. The normalized spacial score (nSPS) is 46.4. The second-order valence-corrected chi connectivity index (χ2v) is 9.58. The minimum absolute atomic E-state index is 0.0620. The Labute approximate surface area is 228 Å². The van der Waals surface area contributed by atoms with Gasteiger partial charge in [0.2, 0.25) is 0 Å². The quantitative estimate of drug-likeness (QED) is 0.0886. The van der Waals surface area contributed by atoms with E-state index in [9.17, 15) is 51.1 Å². The zero-order chi connectivity index (χ0) is 29.6. The number of aliphatic hydroxyl groups is 10. The van der Waals surface area contributed by atoms with Gasteiger partial charge in [-0.15, -0.1) is 0 Å². The van der Waals surface area contributed by atoms with Gasteiger partial charge in [-0.25, -0.2) is 0 Å². The van der Waals surface area contributed by atoms with E-state index in [0.29, 0.717) is 0 Å². The smallest absolute Gasteiger partial charge is 0.187 e. The average Bonchev–Trinajstić information content (AvgIpc) is 2.95. The van der Waals surface area contributed by atoms with Crippen molar-refractivity contribution in [1.29, 1.82) is 0 Å². The van der Waals surface area contributed by atoms with Gasteiger partial charge in [0.05, 0.1) is 39.6 Å². The summed E-state index contributed by atoms with van der Waals surface area (Å²) in [7, 11) is 0. The number of hydrogen-bond donors (Lipinski definition) is 11. The molecule has 0 aromatic carbocycles. The summed E-state index contributed by atoms with van der Waals surface area (Å²) >= 11 is 0. The number of aliphatic hydroxyl groups excluding tert-OH is 10. The molecule has 18 nitrogen and oxygen atoms in total. The van der Waals surface area contributed by atoms with Gasteiger partial charge in [0.15, 0.2) is 18.9 Å². The van der Waals surface area contributed by atoms with Crippen LogP contribution < -0.4 is 5.73 Å². The Hall–Kier alpha value is -0.720. The van der Waals surface area contributed by atoms with Gasteiger partial charge in [0.1, 0.15) is 73.2 Å². The van der Waals surface area contributed by atoms with Gasteiger partial charge >= 0.3 is 0 Å². The highest BCUT2D eigenvalue weighted by atomic mass is 16.8. The number of rotatable bonds is 13. The Morgan fingerprint density at radius 2 is 0.950 bits per heavy atom. The maximum Gasteiger partial charge on any atom is 0.187 e. The van der Waals surface area contributed by atoms with Crippen molar-refractivity contribution in [3.63, 3.8) is 0 Å². The van der Waals surface area contributed by atoms with E-state index in [0.717, 1.165) is 0 Å². The van der Waals surface area contributed by atoms with Crippen molar-refractivity contribution < 1.29 is 84.2 Å². The van der Waals surface area contributed by atoms with Crippen molar-refractivity contribution >= 4 is 0 Å². The lowest BCUT2D eigenvalue weighted by Gasteiger charge is -2.48. The highest BCUT2D eigenvalue weighted by Gasteiger charge is 2.54. The Morgan fingerprint density at radius 3 is 1.48 bits per heavy atom. The van der Waals surface area contributed by atoms with Crippen LogP contribution in [0.15, 0.2) is 0 Å².